The van der Waals surface area contributed by atoms with Crippen molar-refractivity contribution in [3.05, 3.63) is 65.2 Å². The van der Waals surface area contributed by atoms with Crippen LogP contribution in [0.25, 0.3) is 0 Å². The van der Waals surface area contributed by atoms with Crippen LogP contribution in [-0.2, 0) is 13.1 Å². The van der Waals surface area contributed by atoms with Gasteiger partial charge >= 0.3 is 0 Å². The molecular weight excluding hydrogens is 231 g/mol. The quantitative estimate of drug-likeness (QED) is 0.719. The van der Waals surface area contributed by atoms with Crippen LogP contribution in [0.1, 0.15) is 21.5 Å². The summed E-state index contributed by atoms with van der Waals surface area (Å²) < 4.78 is 13.5. The first-order valence-electron chi connectivity index (χ1n) is 5.72. The van der Waals surface area contributed by atoms with Crippen LogP contribution in [0.15, 0.2) is 42.6 Å². The second-order valence-electron chi connectivity index (χ2n) is 4.27. The molecule has 0 N–H and O–H groups in total. The fraction of sp³-hybridized carbons (Fsp3) is 0.143. The molecule has 0 atom stereocenters. The first-order chi connectivity index (χ1) is 8.75. The molecule has 3 rings (SSSR count). The van der Waals surface area contributed by atoms with Gasteiger partial charge in [-0.15, -0.1) is 0 Å². The molecule has 1 aromatic heterocycles. The van der Waals surface area contributed by atoms with Crippen LogP contribution in [0.4, 0.5) is 4.39 Å². The molecule has 2 heterocycles. The summed E-state index contributed by atoms with van der Waals surface area (Å²) >= 11 is 0. The van der Waals surface area contributed by atoms with E-state index in [0.717, 1.165) is 11.1 Å². The molecule has 0 unspecified atom stereocenters. The van der Waals surface area contributed by atoms with Gasteiger partial charge in [-0.2, -0.15) is 4.39 Å². The standard InChI is InChI=1S/C14H11FN2O/c15-13-12(6-3-7-16-13)14(18)17-8-10-4-1-2-5-11(10)9-17/h1-7H,8-9H2. The molecule has 3 nitrogen and oxygen atoms in total. The SMILES string of the molecule is O=C(c1cccnc1F)N1Cc2ccccc2C1. The molecule has 0 bridgehead atoms. The summed E-state index contributed by atoms with van der Waals surface area (Å²) in [6, 6.07) is 10.9. The van der Waals surface area contributed by atoms with E-state index in [1.807, 2.05) is 24.3 Å². The summed E-state index contributed by atoms with van der Waals surface area (Å²) in [5.74, 6) is -1.02. The van der Waals surface area contributed by atoms with Gasteiger partial charge in [0.1, 0.15) is 0 Å². The van der Waals surface area contributed by atoms with E-state index in [0.29, 0.717) is 13.1 Å². The van der Waals surface area contributed by atoms with Crippen molar-refractivity contribution < 1.29 is 9.18 Å². The molecule has 0 saturated heterocycles. The highest BCUT2D eigenvalue weighted by Crippen LogP contribution is 2.24. The van der Waals surface area contributed by atoms with E-state index in [9.17, 15) is 9.18 Å². The van der Waals surface area contributed by atoms with E-state index in [1.54, 1.807) is 11.0 Å². The molecule has 1 aromatic carbocycles. The van der Waals surface area contributed by atoms with Gasteiger partial charge in [0.2, 0.25) is 5.95 Å². The van der Waals surface area contributed by atoms with Gasteiger partial charge in [-0.3, -0.25) is 4.79 Å². The Bertz CT molecular complexity index is 587. The third kappa shape index (κ3) is 1.76. The van der Waals surface area contributed by atoms with Gasteiger partial charge in [0, 0.05) is 19.3 Å². The number of aromatic nitrogens is 1. The number of nitrogens with zero attached hydrogens (tertiary/aromatic N) is 2. The number of carbonyl (C=O) groups excluding carboxylic acids is 1. The van der Waals surface area contributed by atoms with Crippen LogP contribution < -0.4 is 0 Å². The highest BCUT2D eigenvalue weighted by Gasteiger charge is 2.25. The van der Waals surface area contributed by atoms with E-state index >= 15 is 0 Å². The van der Waals surface area contributed by atoms with Crippen molar-refractivity contribution in [1.82, 2.24) is 9.88 Å². The lowest BCUT2D eigenvalue weighted by Crippen LogP contribution is -2.26. The van der Waals surface area contributed by atoms with E-state index in [4.69, 9.17) is 0 Å². The molecule has 0 aliphatic carbocycles. The van der Waals surface area contributed by atoms with Crippen LogP contribution in [0, 0.1) is 5.95 Å². The average molecular weight is 242 g/mol. The maximum absolute atomic E-state index is 13.5. The largest absolute Gasteiger partial charge is 0.330 e. The van der Waals surface area contributed by atoms with Crippen molar-refractivity contribution >= 4 is 5.91 Å². The fourth-order valence-corrected chi connectivity index (χ4v) is 2.19. The number of rotatable bonds is 1. The Kier molecular flexibility index (Phi) is 2.55. The Hall–Kier alpha value is -2.23. The Morgan fingerprint density at radius 2 is 1.78 bits per heavy atom. The number of benzene rings is 1. The zero-order valence-corrected chi connectivity index (χ0v) is 9.64. The Morgan fingerprint density at radius 1 is 1.11 bits per heavy atom. The van der Waals surface area contributed by atoms with Crippen molar-refractivity contribution in [2.45, 2.75) is 13.1 Å². The molecule has 1 aliphatic heterocycles. The summed E-state index contributed by atoms with van der Waals surface area (Å²) in [5, 5.41) is 0. The lowest BCUT2D eigenvalue weighted by molar-refractivity contribution is 0.0745. The van der Waals surface area contributed by atoms with E-state index in [2.05, 4.69) is 4.98 Å². The van der Waals surface area contributed by atoms with Crippen LogP contribution in [0.5, 0.6) is 0 Å². The highest BCUT2D eigenvalue weighted by molar-refractivity contribution is 5.94. The van der Waals surface area contributed by atoms with Crippen molar-refractivity contribution in [3.63, 3.8) is 0 Å². The second-order valence-corrected chi connectivity index (χ2v) is 4.27. The lowest BCUT2D eigenvalue weighted by atomic mass is 10.1. The molecule has 90 valence electrons. The molecule has 4 heteroatoms. The van der Waals surface area contributed by atoms with Gasteiger partial charge in [0.15, 0.2) is 0 Å². The van der Waals surface area contributed by atoms with Gasteiger partial charge in [0.25, 0.3) is 5.91 Å². The van der Waals surface area contributed by atoms with Gasteiger partial charge < -0.3 is 4.90 Å². The predicted octanol–water partition coefficient (Wildman–Crippen LogP) is 2.38. The number of hydrogen-bond acceptors (Lipinski definition) is 2. The summed E-state index contributed by atoms with van der Waals surface area (Å²) in [4.78, 5) is 17.3. The molecular formula is C14H11FN2O. The zero-order chi connectivity index (χ0) is 12.5. The number of halogens is 1. The average Bonchev–Trinajstić information content (AvgIpc) is 2.82. The molecule has 0 fully saturated rings. The molecule has 1 amide bonds. The third-order valence-corrected chi connectivity index (χ3v) is 3.12. The number of amides is 1. The van der Waals surface area contributed by atoms with Crippen molar-refractivity contribution in [2.24, 2.45) is 0 Å². The van der Waals surface area contributed by atoms with Gasteiger partial charge in [-0.05, 0) is 23.3 Å². The zero-order valence-electron chi connectivity index (χ0n) is 9.64. The van der Waals surface area contributed by atoms with Crippen LogP contribution in [0.3, 0.4) is 0 Å². The van der Waals surface area contributed by atoms with Crippen molar-refractivity contribution in [1.29, 1.82) is 0 Å². The monoisotopic (exact) mass is 242 g/mol. The first-order valence-corrected chi connectivity index (χ1v) is 5.72. The Morgan fingerprint density at radius 3 is 2.39 bits per heavy atom. The van der Waals surface area contributed by atoms with Crippen LogP contribution >= 0.6 is 0 Å². The third-order valence-electron chi connectivity index (χ3n) is 3.12. The van der Waals surface area contributed by atoms with Gasteiger partial charge in [0.05, 0.1) is 5.56 Å². The fourth-order valence-electron chi connectivity index (χ4n) is 2.19. The lowest BCUT2D eigenvalue weighted by Gasteiger charge is -2.15. The van der Waals surface area contributed by atoms with E-state index < -0.39 is 5.95 Å². The molecule has 1 aliphatic rings. The summed E-state index contributed by atoms with van der Waals surface area (Å²) in [6.07, 6.45) is 1.34. The number of carbonyl (C=O) groups is 1. The minimum atomic E-state index is -0.710. The second kappa shape index (κ2) is 4.22. The molecule has 18 heavy (non-hydrogen) atoms. The summed E-state index contributed by atoms with van der Waals surface area (Å²) in [6.45, 7) is 1.06. The Labute approximate surface area is 104 Å². The maximum atomic E-state index is 13.5. The van der Waals surface area contributed by atoms with Crippen molar-refractivity contribution in [2.75, 3.05) is 0 Å². The topological polar surface area (TPSA) is 33.2 Å². The van der Waals surface area contributed by atoms with E-state index in [1.165, 1.54) is 12.3 Å². The molecule has 0 radical (unpaired) electrons. The first kappa shape index (κ1) is 10.9. The number of fused-ring (bicyclic) bond motifs is 1. The van der Waals surface area contributed by atoms with Gasteiger partial charge in [-0.1, -0.05) is 24.3 Å². The number of hydrogen-bond donors (Lipinski definition) is 0. The van der Waals surface area contributed by atoms with Crippen LogP contribution in [-0.4, -0.2) is 15.8 Å². The normalized spacial score (nSPS) is 13.5. The smallest absolute Gasteiger partial charge is 0.259 e. The minimum Gasteiger partial charge on any atom is -0.330 e. The van der Waals surface area contributed by atoms with Crippen molar-refractivity contribution in [3.8, 4) is 0 Å². The predicted molar refractivity (Wildman–Crippen MR) is 64.2 cm³/mol. The summed E-state index contributed by atoms with van der Waals surface area (Å²) in [7, 11) is 0. The molecule has 0 spiro atoms. The Balaban J connectivity index is 1.87. The van der Waals surface area contributed by atoms with Gasteiger partial charge in [-0.25, -0.2) is 4.98 Å². The molecule has 2 aromatic rings. The molecule has 0 saturated carbocycles. The van der Waals surface area contributed by atoms with Crippen LogP contribution in [0.2, 0.25) is 0 Å². The number of pyridine rings is 1. The summed E-state index contributed by atoms with van der Waals surface area (Å²) in [5.41, 5.74) is 2.27. The maximum Gasteiger partial charge on any atom is 0.259 e. The van der Waals surface area contributed by atoms with E-state index in [-0.39, 0.29) is 11.5 Å². The highest BCUT2D eigenvalue weighted by atomic mass is 19.1. The minimum absolute atomic E-state index is 0.0327.